The summed E-state index contributed by atoms with van der Waals surface area (Å²) >= 11 is 0. The predicted molar refractivity (Wildman–Crippen MR) is 102 cm³/mol. The van der Waals surface area contributed by atoms with Gasteiger partial charge >= 0.3 is 0 Å². The Morgan fingerprint density at radius 3 is 2.64 bits per heavy atom. The highest BCUT2D eigenvalue weighted by molar-refractivity contribution is 5.63. The summed E-state index contributed by atoms with van der Waals surface area (Å²) in [4.78, 5) is 2.31. The summed E-state index contributed by atoms with van der Waals surface area (Å²) < 4.78 is 34.9. The average Bonchev–Trinajstić information content (AvgIpc) is 3.03. The second kappa shape index (κ2) is 6.04. The molecule has 2 fully saturated rings. The summed E-state index contributed by atoms with van der Waals surface area (Å²) in [6, 6.07) is 5.75. The minimum Gasteiger partial charge on any atom is -0.375 e. The quantitative estimate of drug-likeness (QED) is 0.786. The first-order chi connectivity index (χ1) is 13.4. The third-order valence-electron chi connectivity index (χ3n) is 7.51. The molecule has 5 rings (SSSR count). The SMILES string of the molecule is CN1CCO[C@H]([C@@]23CC[C@@H](c4cc(-c5c(F)cccc5F)nnc42)C3(C)C)C1. The topological polar surface area (TPSA) is 38.2 Å². The Balaban J connectivity index is 1.65. The molecule has 6 heteroatoms. The lowest BCUT2D eigenvalue weighted by molar-refractivity contribution is -0.0866. The van der Waals surface area contributed by atoms with E-state index in [2.05, 4.69) is 36.0 Å². The lowest BCUT2D eigenvalue weighted by atomic mass is 9.64. The third kappa shape index (κ3) is 2.22. The van der Waals surface area contributed by atoms with Crippen LogP contribution in [0.15, 0.2) is 24.3 Å². The Labute approximate surface area is 163 Å². The highest BCUT2D eigenvalue weighted by Crippen LogP contribution is 2.69. The van der Waals surface area contributed by atoms with Gasteiger partial charge in [-0.3, -0.25) is 0 Å². The van der Waals surface area contributed by atoms with E-state index in [1.54, 1.807) is 0 Å². The molecule has 0 N–H and O–H groups in total. The molecule has 2 heterocycles. The van der Waals surface area contributed by atoms with Gasteiger partial charge in [0.15, 0.2) is 0 Å². The molecular weight excluding hydrogens is 360 g/mol. The van der Waals surface area contributed by atoms with Crippen molar-refractivity contribution < 1.29 is 13.5 Å². The van der Waals surface area contributed by atoms with Crippen LogP contribution in [0.2, 0.25) is 0 Å². The Bertz CT molecular complexity index is 927. The minimum atomic E-state index is -0.608. The molecule has 148 valence electrons. The summed E-state index contributed by atoms with van der Waals surface area (Å²) in [7, 11) is 2.12. The molecule has 0 spiro atoms. The molecule has 2 aliphatic carbocycles. The van der Waals surface area contributed by atoms with Gasteiger partial charge in [0, 0.05) is 18.5 Å². The van der Waals surface area contributed by atoms with Gasteiger partial charge in [0.1, 0.15) is 11.6 Å². The van der Waals surface area contributed by atoms with E-state index in [1.165, 1.54) is 18.2 Å². The van der Waals surface area contributed by atoms with Gasteiger partial charge in [-0.1, -0.05) is 19.9 Å². The van der Waals surface area contributed by atoms with Gasteiger partial charge in [0.25, 0.3) is 0 Å². The number of ether oxygens (including phenoxy) is 1. The standard InChI is InChI=1S/C22H25F2N3O/c1-21(2)14-7-8-22(21,18-12-27(3)9-10-28-18)20-13(14)11-17(25-26-20)19-15(23)5-4-6-16(19)24/h4-6,11,14,18H,7-10,12H2,1-3H3/t14-,18-,22-/m0/s1. The van der Waals surface area contributed by atoms with Gasteiger partial charge in [-0.25, -0.2) is 8.78 Å². The molecule has 1 aromatic carbocycles. The molecule has 3 aliphatic rings. The van der Waals surface area contributed by atoms with Crippen molar-refractivity contribution in [2.24, 2.45) is 5.41 Å². The first kappa shape index (κ1) is 18.1. The van der Waals surface area contributed by atoms with Crippen molar-refractivity contribution in [1.29, 1.82) is 0 Å². The summed E-state index contributed by atoms with van der Waals surface area (Å²) in [6.07, 6.45) is 2.10. The van der Waals surface area contributed by atoms with E-state index >= 15 is 0 Å². The number of hydrogen-bond donors (Lipinski definition) is 0. The van der Waals surface area contributed by atoms with E-state index in [0.717, 1.165) is 37.2 Å². The van der Waals surface area contributed by atoms with Crippen LogP contribution in [0.5, 0.6) is 0 Å². The van der Waals surface area contributed by atoms with Crippen molar-refractivity contribution >= 4 is 0 Å². The van der Waals surface area contributed by atoms with Crippen LogP contribution in [0.4, 0.5) is 8.78 Å². The van der Waals surface area contributed by atoms with E-state index in [1.807, 2.05) is 6.07 Å². The fourth-order valence-corrected chi connectivity index (χ4v) is 6.02. The van der Waals surface area contributed by atoms with Gasteiger partial charge in [-0.2, -0.15) is 10.2 Å². The van der Waals surface area contributed by atoms with Crippen LogP contribution in [-0.2, 0) is 10.2 Å². The highest BCUT2D eigenvalue weighted by atomic mass is 19.1. The van der Waals surface area contributed by atoms with Crippen molar-refractivity contribution in [2.75, 3.05) is 26.7 Å². The largest absolute Gasteiger partial charge is 0.375 e. The maximum Gasteiger partial charge on any atom is 0.135 e. The predicted octanol–water partition coefficient (Wildman–Crippen LogP) is 3.91. The van der Waals surface area contributed by atoms with Crippen molar-refractivity contribution in [3.8, 4) is 11.3 Å². The number of hydrogen-bond acceptors (Lipinski definition) is 4. The van der Waals surface area contributed by atoms with Crippen LogP contribution in [0.1, 0.15) is 43.9 Å². The average molecular weight is 385 g/mol. The van der Waals surface area contributed by atoms with Gasteiger partial charge < -0.3 is 9.64 Å². The lowest BCUT2D eigenvalue weighted by Gasteiger charge is -2.47. The molecule has 0 unspecified atom stereocenters. The molecule has 2 bridgehead atoms. The zero-order valence-corrected chi connectivity index (χ0v) is 16.5. The van der Waals surface area contributed by atoms with Crippen molar-refractivity contribution in [2.45, 2.75) is 44.1 Å². The fraction of sp³-hybridized carbons (Fsp3) is 0.545. The van der Waals surface area contributed by atoms with Gasteiger partial charge in [-0.15, -0.1) is 0 Å². The number of likely N-dealkylation sites (N-methyl/N-ethyl adjacent to an activating group) is 1. The summed E-state index contributed by atoms with van der Waals surface area (Å²) in [5, 5.41) is 8.87. The van der Waals surface area contributed by atoms with Gasteiger partial charge in [0.2, 0.25) is 0 Å². The second-order valence-electron chi connectivity index (χ2n) is 9.04. The third-order valence-corrected chi connectivity index (χ3v) is 7.51. The first-order valence-corrected chi connectivity index (χ1v) is 9.99. The summed E-state index contributed by atoms with van der Waals surface area (Å²) in [5.74, 6) is -0.922. The Hall–Kier alpha value is -1.92. The Morgan fingerprint density at radius 2 is 1.93 bits per heavy atom. The summed E-state index contributed by atoms with van der Waals surface area (Å²) in [5.41, 5.74) is 1.98. The second-order valence-corrected chi connectivity index (χ2v) is 9.04. The molecule has 1 aliphatic heterocycles. The minimum absolute atomic E-state index is 0.0424. The normalized spacial score (nSPS) is 31.2. The molecule has 28 heavy (non-hydrogen) atoms. The first-order valence-electron chi connectivity index (χ1n) is 9.99. The molecule has 4 nitrogen and oxygen atoms in total. The van der Waals surface area contributed by atoms with E-state index in [9.17, 15) is 8.78 Å². The zero-order chi connectivity index (χ0) is 19.7. The number of morpholine rings is 1. The zero-order valence-electron chi connectivity index (χ0n) is 16.5. The number of benzene rings is 1. The number of halogens is 2. The molecule has 2 aromatic rings. The molecule has 0 amide bonds. The molecule has 1 saturated carbocycles. The monoisotopic (exact) mass is 385 g/mol. The maximum absolute atomic E-state index is 14.3. The van der Waals surface area contributed by atoms with Crippen LogP contribution in [-0.4, -0.2) is 47.9 Å². The number of nitrogens with zero attached hydrogens (tertiary/aromatic N) is 3. The number of aromatic nitrogens is 2. The smallest absolute Gasteiger partial charge is 0.135 e. The van der Waals surface area contributed by atoms with E-state index in [4.69, 9.17) is 4.74 Å². The van der Waals surface area contributed by atoms with Crippen LogP contribution < -0.4 is 0 Å². The van der Waals surface area contributed by atoms with Crippen LogP contribution >= 0.6 is 0 Å². The number of fused-ring (bicyclic) bond motifs is 5. The molecule has 0 radical (unpaired) electrons. The van der Waals surface area contributed by atoms with Crippen LogP contribution in [0, 0.1) is 17.0 Å². The summed E-state index contributed by atoms with van der Waals surface area (Å²) in [6.45, 7) is 7.08. The van der Waals surface area contributed by atoms with Crippen molar-refractivity contribution in [3.63, 3.8) is 0 Å². The molecule has 3 atom stereocenters. The van der Waals surface area contributed by atoms with E-state index < -0.39 is 11.6 Å². The number of rotatable bonds is 2. The van der Waals surface area contributed by atoms with Crippen molar-refractivity contribution in [1.82, 2.24) is 15.1 Å². The van der Waals surface area contributed by atoms with Crippen molar-refractivity contribution in [3.05, 3.63) is 47.2 Å². The Morgan fingerprint density at radius 1 is 1.18 bits per heavy atom. The van der Waals surface area contributed by atoms with Crippen LogP contribution in [0.3, 0.4) is 0 Å². The fourth-order valence-electron chi connectivity index (χ4n) is 6.02. The van der Waals surface area contributed by atoms with Gasteiger partial charge in [0.05, 0.1) is 29.7 Å². The molecular formula is C22H25F2N3O. The van der Waals surface area contributed by atoms with E-state index in [-0.39, 0.29) is 28.2 Å². The highest BCUT2D eigenvalue weighted by Gasteiger charge is 2.67. The maximum atomic E-state index is 14.3. The molecule has 1 aromatic heterocycles. The Kier molecular flexibility index (Phi) is 3.91. The molecule has 1 saturated heterocycles. The van der Waals surface area contributed by atoms with Gasteiger partial charge in [-0.05, 0) is 55.0 Å². The van der Waals surface area contributed by atoms with Crippen LogP contribution in [0.25, 0.3) is 11.3 Å². The van der Waals surface area contributed by atoms with E-state index in [0.29, 0.717) is 12.5 Å². The lowest BCUT2D eigenvalue weighted by Crippen LogP contribution is -2.55.